The van der Waals surface area contributed by atoms with Gasteiger partial charge in [0.15, 0.2) is 0 Å². The molecule has 0 fully saturated rings. The van der Waals surface area contributed by atoms with Gasteiger partial charge in [-0.15, -0.1) is 0 Å². The van der Waals surface area contributed by atoms with Gasteiger partial charge in [0.1, 0.15) is 5.69 Å². The zero-order valence-electron chi connectivity index (χ0n) is 11.3. The highest BCUT2D eigenvalue weighted by molar-refractivity contribution is 5.93. The number of methoxy groups -OCH3 is 1. The van der Waals surface area contributed by atoms with E-state index in [1.54, 1.807) is 13.0 Å². The Labute approximate surface area is 111 Å². The summed E-state index contributed by atoms with van der Waals surface area (Å²) in [5.74, 6) is -1.42. The summed E-state index contributed by atoms with van der Waals surface area (Å²) >= 11 is 0. The van der Waals surface area contributed by atoms with E-state index in [0.29, 0.717) is 0 Å². The molecule has 0 aliphatic carbocycles. The molecular weight excluding hydrogens is 250 g/mol. The third-order valence-corrected chi connectivity index (χ3v) is 2.66. The van der Waals surface area contributed by atoms with Crippen molar-refractivity contribution in [1.29, 1.82) is 0 Å². The largest absolute Gasteiger partial charge is 0.481 e. The lowest BCUT2D eigenvalue weighted by Crippen LogP contribution is -2.50. The molecule has 3 N–H and O–H groups in total. The molecule has 1 aromatic heterocycles. The highest BCUT2D eigenvalue weighted by Gasteiger charge is 2.30. The number of carboxylic acid groups (broad SMARTS) is 1. The summed E-state index contributed by atoms with van der Waals surface area (Å²) in [6.07, 6.45) is 0.516. The maximum Gasteiger partial charge on any atom is 0.305 e. The molecule has 0 saturated heterocycles. The van der Waals surface area contributed by atoms with Crippen LogP contribution in [-0.2, 0) is 16.0 Å². The molecule has 7 heteroatoms. The maximum absolute atomic E-state index is 12.0. The zero-order chi connectivity index (χ0) is 14.5. The summed E-state index contributed by atoms with van der Waals surface area (Å²) in [6.45, 7) is 3.67. The number of nitrogens with one attached hydrogen (secondary N) is 2. The number of carbonyl (C=O) groups excluding carboxylic acids is 1. The average molecular weight is 269 g/mol. The van der Waals surface area contributed by atoms with Crippen molar-refractivity contribution in [2.24, 2.45) is 0 Å². The number of carboxylic acids is 1. The van der Waals surface area contributed by atoms with Crippen LogP contribution in [0.5, 0.6) is 0 Å². The molecule has 1 unspecified atom stereocenters. The molecule has 0 radical (unpaired) electrons. The SMILES string of the molecule is CCc1cc(C(=O)NC(C)(COC)CC(=O)O)n[nH]1. The minimum atomic E-state index is -1.00. The lowest BCUT2D eigenvalue weighted by Gasteiger charge is -2.27. The standard InChI is InChI=1S/C12H19N3O4/c1-4-8-5-9(15-14-8)11(18)13-12(2,7-19-3)6-10(16)17/h5H,4,6-7H2,1-3H3,(H,13,18)(H,14,15)(H,16,17). The van der Waals surface area contributed by atoms with Crippen molar-refractivity contribution in [2.75, 3.05) is 13.7 Å². The Morgan fingerprint density at radius 1 is 1.58 bits per heavy atom. The van der Waals surface area contributed by atoms with Gasteiger partial charge in [-0.3, -0.25) is 14.7 Å². The second kappa shape index (κ2) is 6.33. The van der Waals surface area contributed by atoms with Crippen LogP contribution < -0.4 is 5.32 Å². The van der Waals surface area contributed by atoms with Gasteiger partial charge in [-0.25, -0.2) is 0 Å². The summed E-state index contributed by atoms with van der Waals surface area (Å²) < 4.78 is 4.96. The molecule has 0 bridgehead atoms. The number of aromatic amines is 1. The van der Waals surface area contributed by atoms with Crippen molar-refractivity contribution >= 4 is 11.9 Å². The van der Waals surface area contributed by atoms with E-state index in [1.807, 2.05) is 6.92 Å². The molecule has 0 aliphatic heterocycles. The molecule has 106 valence electrons. The smallest absolute Gasteiger partial charge is 0.305 e. The van der Waals surface area contributed by atoms with Crippen LogP contribution in [0.25, 0.3) is 0 Å². The van der Waals surface area contributed by atoms with E-state index in [0.717, 1.165) is 12.1 Å². The molecule has 19 heavy (non-hydrogen) atoms. The molecule has 1 rings (SSSR count). The fraction of sp³-hybridized carbons (Fsp3) is 0.583. The highest BCUT2D eigenvalue weighted by atomic mass is 16.5. The molecule has 0 saturated carbocycles. The van der Waals surface area contributed by atoms with Crippen molar-refractivity contribution in [3.05, 3.63) is 17.5 Å². The van der Waals surface area contributed by atoms with Crippen molar-refractivity contribution in [1.82, 2.24) is 15.5 Å². The summed E-state index contributed by atoms with van der Waals surface area (Å²) in [4.78, 5) is 22.8. The topological polar surface area (TPSA) is 104 Å². The van der Waals surface area contributed by atoms with Gasteiger partial charge in [0.05, 0.1) is 18.6 Å². The van der Waals surface area contributed by atoms with Crippen LogP contribution >= 0.6 is 0 Å². The van der Waals surface area contributed by atoms with E-state index >= 15 is 0 Å². The molecule has 1 atom stereocenters. The summed E-state index contributed by atoms with van der Waals surface area (Å²) in [6, 6.07) is 1.64. The minimum absolute atomic E-state index is 0.107. The van der Waals surface area contributed by atoms with Gasteiger partial charge in [0.2, 0.25) is 0 Å². The number of H-pyrrole nitrogens is 1. The van der Waals surface area contributed by atoms with E-state index in [4.69, 9.17) is 9.84 Å². The monoisotopic (exact) mass is 269 g/mol. The number of aliphatic carboxylic acids is 1. The first-order chi connectivity index (χ1) is 8.90. The Morgan fingerprint density at radius 3 is 2.74 bits per heavy atom. The van der Waals surface area contributed by atoms with E-state index in [1.165, 1.54) is 7.11 Å². The number of rotatable bonds is 7. The summed E-state index contributed by atoms with van der Waals surface area (Å²) in [5, 5.41) is 18.1. The number of aryl methyl sites for hydroxylation is 1. The molecule has 1 aromatic rings. The van der Waals surface area contributed by atoms with E-state index in [9.17, 15) is 9.59 Å². The summed E-state index contributed by atoms with van der Waals surface area (Å²) in [7, 11) is 1.45. The van der Waals surface area contributed by atoms with Crippen molar-refractivity contribution < 1.29 is 19.4 Å². The zero-order valence-corrected chi connectivity index (χ0v) is 11.3. The lowest BCUT2D eigenvalue weighted by molar-refractivity contribution is -0.139. The van der Waals surface area contributed by atoms with Crippen LogP contribution in [0.2, 0.25) is 0 Å². The lowest BCUT2D eigenvalue weighted by atomic mass is 9.98. The van der Waals surface area contributed by atoms with Crippen LogP contribution in [0.15, 0.2) is 6.07 Å². The van der Waals surface area contributed by atoms with Gasteiger partial charge >= 0.3 is 5.97 Å². The van der Waals surface area contributed by atoms with E-state index < -0.39 is 17.4 Å². The van der Waals surface area contributed by atoms with Gasteiger partial charge in [-0.1, -0.05) is 6.92 Å². The number of aromatic nitrogens is 2. The van der Waals surface area contributed by atoms with Crippen LogP contribution in [0, 0.1) is 0 Å². The van der Waals surface area contributed by atoms with Gasteiger partial charge in [0, 0.05) is 12.8 Å². The van der Waals surface area contributed by atoms with Gasteiger partial charge in [-0.2, -0.15) is 5.10 Å². The Morgan fingerprint density at radius 2 is 2.26 bits per heavy atom. The van der Waals surface area contributed by atoms with Crippen LogP contribution in [0.3, 0.4) is 0 Å². The highest BCUT2D eigenvalue weighted by Crippen LogP contribution is 2.12. The predicted molar refractivity (Wildman–Crippen MR) is 68.0 cm³/mol. The third-order valence-electron chi connectivity index (χ3n) is 2.66. The Balaban J connectivity index is 2.78. The molecule has 0 spiro atoms. The molecule has 0 aromatic carbocycles. The van der Waals surface area contributed by atoms with Crippen LogP contribution in [0.4, 0.5) is 0 Å². The second-order valence-electron chi connectivity index (χ2n) is 4.65. The van der Waals surface area contributed by atoms with Crippen molar-refractivity contribution in [3.63, 3.8) is 0 Å². The van der Waals surface area contributed by atoms with Crippen LogP contribution in [0.1, 0.15) is 36.5 Å². The number of hydrogen-bond donors (Lipinski definition) is 3. The Hall–Kier alpha value is -1.89. The summed E-state index contributed by atoms with van der Waals surface area (Å²) in [5.41, 5.74) is 0.115. The first-order valence-corrected chi connectivity index (χ1v) is 5.97. The van der Waals surface area contributed by atoms with Crippen molar-refractivity contribution in [3.8, 4) is 0 Å². The fourth-order valence-electron chi connectivity index (χ4n) is 1.78. The van der Waals surface area contributed by atoms with E-state index in [-0.39, 0.29) is 18.7 Å². The Bertz CT molecular complexity index is 458. The Kier molecular flexibility index (Phi) is 5.05. The molecular formula is C12H19N3O4. The molecule has 7 nitrogen and oxygen atoms in total. The average Bonchev–Trinajstić information content (AvgIpc) is 2.76. The van der Waals surface area contributed by atoms with E-state index in [2.05, 4.69) is 15.5 Å². The predicted octanol–water partition coefficient (Wildman–Crippen LogP) is 0.582. The van der Waals surface area contributed by atoms with Gasteiger partial charge < -0.3 is 15.2 Å². The number of nitrogens with zero attached hydrogens (tertiary/aromatic N) is 1. The maximum atomic E-state index is 12.0. The number of hydrogen-bond acceptors (Lipinski definition) is 4. The number of ether oxygens (including phenoxy) is 1. The van der Waals surface area contributed by atoms with Crippen molar-refractivity contribution in [2.45, 2.75) is 32.2 Å². The second-order valence-corrected chi connectivity index (χ2v) is 4.65. The first-order valence-electron chi connectivity index (χ1n) is 5.97. The molecule has 1 heterocycles. The number of carbonyl (C=O) groups is 2. The quantitative estimate of drug-likeness (QED) is 0.671. The normalized spacial score (nSPS) is 13.8. The van der Waals surface area contributed by atoms with Crippen LogP contribution in [-0.4, -0.2) is 46.4 Å². The molecule has 0 aliphatic rings. The first kappa shape index (κ1) is 15.2. The third kappa shape index (κ3) is 4.36. The molecule has 1 amide bonds. The minimum Gasteiger partial charge on any atom is -0.481 e. The van der Waals surface area contributed by atoms with Gasteiger partial charge in [-0.05, 0) is 19.4 Å². The fourth-order valence-corrected chi connectivity index (χ4v) is 1.78. The number of amides is 1. The van der Waals surface area contributed by atoms with Gasteiger partial charge in [0.25, 0.3) is 5.91 Å².